The van der Waals surface area contributed by atoms with Gasteiger partial charge >= 0.3 is 0 Å². The predicted octanol–water partition coefficient (Wildman–Crippen LogP) is 0.665. The van der Waals surface area contributed by atoms with Crippen molar-refractivity contribution in [2.45, 2.75) is 19.0 Å². The first-order valence-corrected chi connectivity index (χ1v) is 5.35. The molecule has 0 aromatic carbocycles. The molecule has 15 heavy (non-hydrogen) atoms. The lowest BCUT2D eigenvalue weighted by molar-refractivity contribution is -0.105. The zero-order valence-corrected chi connectivity index (χ0v) is 9.16. The van der Waals surface area contributed by atoms with Gasteiger partial charge in [0.25, 0.3) is 0 Å². The Balaban J connectivity index is 1.99. The smallest absolute Gasteiger partial charge is 0.0959 e. The fourth-order valence-electron chi connectivity index (χ4n) is 1.80. The van der Waals surface area contributed by atoms with E-state index >= 15 is 0 Å². The average molecular weight is 207 g/mol. The molecule has 0 aromatic rings. The molecule has 0 spiro atoms. The summed E-state index contributed by atoms with van der Waals surface area (Å²) in [7, 11) is 0. The van der Waals surface area contributed by atoms with E-state index in [1.807, 2.05) is 6.92 Å². The fourth-order valence-corrected chi connectivity index (χ4v) is 1.80. The molecule has 0 saturated carbocycles. The molecule has 1 atom stereocenters. The van der Waals surface area contributed by atoms with Crippen molar-refractivity contribution >= 4 is 0 Å². The summed E-state index contributed by atoms with van der Waals surface area (Å²) in [5, 5.41) is 0. The van der Waals surface area contributed by atoms with Gasteiger partial charge < -0.3 is 9.47 Å². The van der Waals surface area contributed by atoms with Gasteiger partial charge in [0.05, 0.1) is 38.5 Å². The van der Waals surface area contributed by atoms with Crippen molar-refractivity contribution in [3.63, 3.8) is 0 Å². The van der Waals surface area contributed by atoms with Crippen molar-refractivity contribution in [2.24, 2.45) is 0 Å². The minimum absolute atomic E-state index is 0.212. The molecule has 2 aliphatic rings. The number of hydrogen-bond donors (Lipinski definition) is 0. The largest absolute Gasteiger partial charge is 0.378 e. The second-order valence-electron chi connectivity index (χ2n) is 4.07. The summed E-state index contributed by atoms with van der Waals surface area (Å²) >= 11 is 0. The van der Waals surface area contributed by atoms with Crippen LogP contribution in [-0.2, 0) is 9.47 Å². The molecular formula is C12H17NO2. The predicted molar refractivity (Wildman–Crippen MR) is 58.5 cm³/mol. The quantitative estimate of drug-likeness (QED) is 0.590. The normalized spacial score (nSPS) is 27.7. The summed E-state index contributed by atoms with van der Waals surface area (Å²) in [5.74, 6) is 6.26. The Morgan fingerprint density at radius 1 is 1.33 bits per heavy atom. The summed E-state index contributed by atoms with van der Waals surface area (Å²) in [6.07, 6.45) is 0. The molecule has 0 bridgehead atoms. The Labute approximate surface area is 91.0 Å². The molecule has 2 saturated heterocycles. The first kappa shape index (κ1) is 10.7. The maximum Gasteiger partial charge on any atom is 0.0959 e. The lowest BCUT2D eigenvalue weighted by Crippen LogP contribution is -2.57. The number of nitrogens with zero attached hydrogens (tertiary/aromatic N) is 1. The number of morpholine rings is 1. The molecule has 2 aliphatic heterocycles. The molecular weight excluding hydrogens is 190 g/mol. The van der Waals surface area contributed by atoms with Crippen molar-refractivity contribution in [2.75, 3.05) is 33.0 Å². The number of allylic oxidation sites excluding steroid dienone is 1. The fraction of sp³-hybridized carbons (Fsp3) is 0.667. The van der Waals surface area contributed by atoms with Crippen LogP contribution in [0.4, 0.5) is 0 Å². The van der Waals surface area contributed by atoms with Gasteiger partial charge in [-0.2, -0.15) is 0 Å². The Kier molecular flexibility index (Phi) is 3.42. The monoisotopic (exact) mass is 207 g/mol. The molecule has 0 aliphatic carbocycles. The third-order valence-corrected chi connectivity index (χ3v) is 2.71. The van der Waals surface area contributed by atoms with Gasteiger partial charge in [-0.1, -0.05) is 18.4 Å². The number of ether oxygens (including phenoxy) is 2. The second kappa shape index (κ2) is 4.80. The molecule has 3 heteroatoms. The Morgan fingerprint density at radius 2 is 2.13 bits per heavy atom. The Morgan fingerprint density at radius 3 is 2.73 bits per heavy atom. The first-order valence-electron chi connectivity index (χ1n) is 5.35. The summed E-state index contributed by atoms with van der Waals surface area (Å²) in [6, 6.07) is 0.752. The highest BCUT2D eigenvalue weighted by molar-refractivity contribution is 5.26. The van der Waals surface area contributed by atoms with E-state index in [0.717, 1.165) is 31.9 Å². The molecule has 2 heterocycles. The highest BCUT2D eigenvalue weighted by Crippen LogP contribution is 2.16. The van der Waals surface area contributed by atoms with E-state index in [9.17, 15) is 0 Å². The van der Waals surface area contributed by atoms with E-state index in [1.165, 1.54) is 0 Å². The molecule has 2 fully saturated rings. The standard InChI is InChI=1S/C12H17NO2/c1-10(2)3-4-11-7-14-6-5-13(11)12-8-15-9-12/h11-12H,1,5-9H2,2H3. The van der Waals surface area contributed by atoms with E-state index in [0.29, 0.717) is 12.6 Å². The average Bonchev–Trinajstić information content (AvgIpc) is 2.14. The van der Waals surface area contributed by atoms with E-state index in [-0.39, 0.29) is 6.04 Å². The van der Waals surface area contributed by atoms with Crippen LogP contribution in [0.15, 0.2) is 12.2 Å². The lowest BCUT2D eigenvalue weighted by Gasteiger charge is -2.42. The molecule has 0 radical (unpaired) electrons. The second-order valence-corrected chi connectivity index (χ2v) is 4.07. The topological polar surface area (TPSA) is 21.7 Å². The minimum Gasteiger partial charge on any atom is -0.378 e. The molecule has 0 N–H and O–H groups in total. The van der Waals surface area contributed by atoms with Crippen LogP contribution in [0.5, 0.6) is 0 Å². The highest BCUT2D eigenvalue weighted by Gasteiger charge is 2.32. The van der Waals surface area contributed by atoms with Gasteiger partial charge in [-0.25, -0.2) is 0 Å². The maximum absolute atomic E-state index is 5.45. The van der Waals surface area contributed by atoms with Gasteiger partial charge in [0.15, 0.2) is 0 Å². The van der Waals surface area contributed by atoms with Gasteiger partial charge in [0, 0.05) is 6.54 Å². The van der Waals surface area contributed by atoms with Crippen LogP contribution in [0.25, 0.3) is 0 Å². The highest BCUT2D eigenvalue weighted by atomic mass is 16.5. The summed E-state index contributed by atoms with van der Waals surface area (Å²) in [5.41, 5.74) is 0.908. The Hall–Kier alpha value is -0.820. The molecule has 3 nitrogen and oxygen atoms in total. The number of hydrogen-bond acceptors (Lipinski definition) is 3. The van der Waals surface area contributed by atoms with Crippen LogP contribution in [0.3, 0.4) is 0 Å². The molecule has 1 unspecified atom stereocenters. The zero-order chi connectivity index (χ0) is 10.7. The molecule has 2 rings (SSSR count). The van der Waals surface area contributed by atoms with E-state index in [4.69, 9.17) is 9.47 Å². The van der Waals surface area contributed by atoms with Crippen LogP contribution in [0.2, 0.25) is 0 Å². The van der Waals surface area contributed by atoms with Crippen molar-refractivity contribution in [3.05, 3.63) is 12.2 Å². The molecule has 0 amide bonds. The molecule has 82 valence electrons. The third kappa shape index (κ3) is 2.60. The van der Waals surface area contributed by atoms with Crippen LogP contribution >= 0.6 is 0 Å². The number of rotatable bonds is 1. The van der Waals surface area contributed by atoms with Gasteiger partial charge in [0.2, 0.25) is 0 Å². The minimum atomic E-state index is 0.212. The van der Waals surface area contributed by atoms with Crippen LogP contribution in [0.1, 0.15) is 6.92 Å². The summed E-state index contributed by atoms with van der Waals surface area (Å²) < 4.78 is 10.7. The van der Waals surface area contributed by atoms with E-state index in [2.05, 4.69) is 23.3 Å². The van der Waals surface area contributed by atoms with E-state index < -0.39 is 0 Å². The summed E-state index contributed by atoms with van der Waals surface area (Å²) in [6.45, 7) is 9.86. The van der Waals surface area contributed by atoms with Crippen LogP contribution in [-0.4, -0.2) is 50.0 Å². The van der Waals surface area contributed by atoms with Gasteiger partial charge in [-0.3, -0.25) is 4.90 Å². The zero-order valence-electron chi connectivity index (χ0n) is 9.16. The van der Waals surface area contributed by atoms with Crippen molar-refractivity contribution in [1.82, 2.24) is 4.90 Å². The van der Waals surface area contributed by atoms with Gasteiger partial charge in [0.1, 0.15) is 0 Å². The Bertz CT molecular complexity index is 298. The van der Waals surface area contributed by atoms with Crippen molar-refractivity contribution in [1.29, 1.82) is 0 Å². The third-order valence-electron chi connectivity index (χ3n) is 2.71. The van der Waals surface area contributed by atoms with Gasteiger partial charge in [-0.05, 0) is 12.5 Å². The summed E-state index contributed by atoms with van der Waals surface area (Å²) in [4.78, 5) is 2.39. The van der Waals surface area contributed by atoms with Crippen molar-refractivity contribution in [3.8, 4) is 11.8 Å². The van der Waals surface area contributed by atoms with Gasteiger partial charge in [-0.15, -0.1) is 0 Å². The lowest BCUT2D eigenvalue weighted by atomic mass is 10.1. The first-order chi connectivity index (χ1) is 7.27. The van der Waals surface area contributed by atoms with Crippen molar-refractivity contribution < 1.29 is 9.47 Å². The SMILES string of the molecule is C=C(C)C#CC1COCCN1C1COC1. The maximum atomic E-state index is 5.45. The van der Waals surface area contributed by atoms with Crippen LogP contribution in [0, 0.1) is 11.8 Å². The molecule has 0 aromatic heterocycles. The van der Waals surface area contributed by atoms with E-state index in [1.54, 1.807) is 0 Å². The van der Waals surface area contributed by atoms with Crippen LogP contribution < -0.4 is 0 Å².